The predicted molar refractivity (Wildman–Crippen MR) is 134 cm³/mol. The molecule has 0 aliphatic rings. The zero-order valence-corrected chi connectivity index (χ0v) is 20.6. The van der Waals surface area contributed by atoms with Crippen molar-refractivity contribution in [3.05, 3.63) is 81.0 Å². The second-order valence-electron chi connectivity index (χ2n) is 8.62. The van der Waals surface area contributed by atoms with Crippen LogP contribution in [0.4, 0.5) is 5.69 Å². The second kappa shape index (κ2) is 11.6. The summed E-state index contributed by atoms with van der Waals surface area (Å²) >= 11 is 6.07. The third-order valence-electron chi connectivity index (χ3n) is 5.64. The summed E-state index contributed by atoms with van der Waals surface area (Å²) in [6.07, 6.45) is 1.43. The number of aryl methyl sites for hydroxylation is 1. The van der Waals surface area contributed by atoms with Crippen LogP contribution in [0.1, 0.15) is 36.3 Å². The Morgan fingerprint density at radius 2 is 1.89 bits per heavy atom. The summed E-state index contributed by atoms with van der Waals surface area (Å²) in [5.74, 6) is -0.955. The lowest BCUT2D eigenvalue weighted by Gasteiger charge is -2.27. The highest BCUT2D eigenvalue weighted by Crippen LogP contribution is 2.23. The molecule has 1 atom stereocenters. The minimum absolute atomic E-state index is 0.0468. The smallest absolute Gasteiger partial charge is 0.270 e. The number of hydrogen-bond donors (Lipinski definition) is 2. The summed E-state index contributed by atoms with van der Waals surface area (Å²) in [4.78, 5) is 37.7. The van der Waals surface area contributed by atoms with Crippen molar-refractivity contribution in [3.63, 3.8) is 0 Å². The number of carbonyl (C=O) groups excluding carboxylic acids is 2. The summed E-state index contributed by atoms with van der Waals surface area (Å²) in [6.45, 7) is 4.17. The molecule has 1 unspecified atom stereocenters. The van der Waals surface area contributed by atoms with E-state index in [1.165, 1.54) is 12.1 Å². The Kier molecular flexibility index (Phi) is 8.59. The van der Waals surface area contributed by atoms with E-state index in [9.17, 15) is 19.7 Å². The Hall–Kier alpha value is -3.72. The number of nitrogens with one attached hydrogen (secondary N) is 2. The maximum absolute atomic E-state index is 13.1. The molecule has 1 heterocycles. The Morgan fingerprint density at radius 1 is 1.17 bits per heavy atom. The van der Waals surface area contributed by atoms with E-state index in [4.69, 9.17) is 11.6 Å². The summed E-state index contributed by atoms with van der Waals surface area (Å²) in [6, 6.07) is 14.7. The number of benzene rings is 2. The second-order valence-corrected chi connectivity index (χ2v) is 9.03. The molecule has 2 aromatic carbocycles. The van der Waals surface area contributed by atoms with Crippen LogP contribution < -0.4 is 5.32 Å². The normalized spacial score (nSPS) is 11.8. The molecule has 2 amide bonds. The molecule has 0 saturated heterocycles. The minimum atomic E-state index is -0.768. The van der Waals surface area contributed by atoms with Gasteiger partial charge in [0.1, 0.15) is 6.04 Å². The first-order chi connectivity index (χ1) is 16.7. The van der Waals surface area contributed by atoms with Gasteiger partial charge >= 0.3 is 0 Å². The molecule has 9 nitrogen and oxygen atoms in total. The lowest BCUT2D eigenvalue weighted by atomic mass is 10.0. The van der Waals surface area contributed by atoms with Crippen LogP contribution >= 0.6 is 11.6 Å². The van der Waals surface area contributed by atoms with Gasteiger partial charge in [0.05, 0.1) is 21.2 Å². The number of hydrogen-bond acceptors (Lipinski definition) is 5. The quantitative estimate of drug-likeness (QED) is 0.316. The summed E-state index contributed by atoms with van der Waals surface area (Å²) in [7, 11) is 1.70. The number of likely N-dealkylation sites (N-methyl/N-ethyl adjacent to an activating group) is 1. The molecule has 0 saturated carbocycles. The van der Waals surface area contributed by atoms with Crippen LogP contribution in [-0.4, -0.2) is 51.5 Å². The van der Waals surface area contributed by atoms with E-state index >= 15 is 0 Å². The third kappa shape index (κ3) is 6.66. The van der Waals surface area contributed by atoms with Crippen molar-refractivity contribution >= 4 is 29.1 Å². The van der Waals surface area contributed by atoms with E-state index in [-0.39, 0.29) is 28.1 Å². The molecule has 0 radical (unpaired) electrons. The SMILES string of the molecule is CC(C)C(NC(=O)c1ccc([N+](=O)[O-])cc1Cl)C(=O)N(C)CCCc1cc(-c2ccccc2)n[nH]1. The topological polar surface area (TPSA) is 121 Å². The first kappa shape index (κ1) is 25.9. The van der Waals surface area contributed by atoms with Gasteiger partial charge in [0.2, 0.25) is 5.91 Å². The van der Waals surface area contributed by atoms with E-state index in [2.05, 4.69) is 15.5 Å². The predicted octanol–water partition coefficient (Wildman–Crippen LogP) is 4.48. The van der Waals surface area contributed by atoms with Crippen LogP contribution in [0.5, 0.6) is 0 Å². The molecule has 3 rings (SSSR count). The monoisotopic (exact) mass is 497 g/mol. The van der Waals surface area contributed by atoms with Crippen LogP contribution in [0.25, 0.3) is 11.3 Å². The number of aromatic amines is 1. The van der Waals surface area contributed by atoms with Crippen molar-refractivity contribution in [2.75, 3.05) is 13.6 Å². The van der Waals surface area contributed by atoms with E-state index in [1.54, 1.807) is 11.9 Å². The molecular formula is C25H28ClN5O4. The highest BCUT2D eigenvalue weighted by atomic mass is 35.5. The number of nitrogens with zero attached hydrogens (tertiary/aromatic N) is 3. The number of aromatic nitrogens is 2. The first-order valence-electron chi connectivity index (χ1n) is 11.3. The van der Waals surface area contributed by atoms with Crippen molar-refractivity contribution < 1.29 is 14.5 Å². The summed E-state index contributed by atoms with van der Waals surface area (Å²) < 4.78 is 0. The van der Waals surface area contributed by atoms with Crippen LogP contribution in [0, 0.1) is 16.0 Å². The lowest BCUT2D eigenvalue weighted by molar-refractivity contribution is -0.384. The standard InChI is InChI=1S/C25H28ClN5O4/c1-16(2)23(27-24(32)20-12-11-19(31(34)35)15-21(20)26)25(33)30(3)13-7-10-18-14-22(29-28-18)17-8-5-4-6-9-17/h4-6,8-9,11-12,14-16,23H,7,10,13H2,1-3H3,(H,27,32)(H,28,29). The van der Waals surface area contributed by atoms with Gasteiger partial charge in [0.15, 0.2) is 0 Å². The van der Waals surface area contributed by atoms with Crippen LogP contribution in [0.2, 0.25) is 5.02 Å². The average molecular weight is 498 g/mol. The van der Waals surface area contributed by atoms with Crippen LogP contribution in [0.15, 0.2) is 54.6 Å². The number of H-pyrrole nitrogens is 1. The van der Waals surface area contributed by atoms with Gasteiger partial charge in [-0.1, -0.05) is 55.8 Å². The van der Waals surface area contributed by atoms with Crippen molar-refractivity contribution in [1.29, 1.82) is 0 Å². The van der Waals surface area contributed by atoms with Crippen LogP contribution in [-0.2, 0) is 11.2 Å². The average Bonchev–Trinajstić information content (AvgIpc) is 3.31. The van der Waals surface area contributed by atoms with Gasteiger partial charge in [-0.05, 0) is 30.9 Å². The Bertz CT molecular complexity index is 1200. The van der Waals surface area contributed by atoms with Gasteiger partial charge in [0.25, 0.3) is 11.6 Å². The zero-order valence-electron chi connectivity index (χ0n) is 19.8. The Morgan fingerprint density at radius 3 is 2.51 bits per heavy atom. The molecule has 1 aromatic heterocycles. The maximum Gasteiger partial charge on any atom is 0.270 e. The molecule has 35 heavy (non-hydrogen) atoms. The molecule has 2 N–H and O–H groups in total. The fourth-order valence-corrected chi connectivity index (χ4v) is 3.90. The van der Waals surface area contributed by atoms with Gasteiger partial charge in [0, 0.05) is 37.0 Å². The number of carbonyl (C=O) groups is 2. The Labute approximate surface area is 208 Å². The van der Waals surface area contributed by atoms with Crippen LogP contribution in [0.3, 0.4) is 0 Å². The number of nitro groups is 1. The zero-order chi connectivity index (χ0) is 25.5. The van der Waals surface area contributed by atoms with E-state index in [0.717, 1.165) is 23.0 Å². The van der Waals surface area contributed by atoms with Crippen molar-refractivity contribution in [3.8, 4) is 11.3 Å². The minimum Gasteiger partial charge on any atom is -0.344 e. The van der Waals surface area contributed by atoms with Crippen molar-refractivity contribution in [2.24, 2.45) is 5.92 Å². The number of nitro benzene ring substituents is 1. The maximum atomic E-state index is 13.1. The van der Waals surface area contributed by atoms with E-state index < -0.39 is 16.9 Å². The van der Waals surface area contributed by atoms with E-state index in [0.29, 0.717) is 19.4 Å². The number of non-ortho nitro benzene ring substituents is 1. The van der Waals surface area contributed by atoms with E-state index in [1.807, 2.05) is 50.2 Å². The number of halogens is 1. The molecule has 0 aliphatic heterocycles. The fraction of sp³-hybridized carbons (Fsp3) is 0.320. The Balaban J connectivity index is 1.57. The molecule has 0 aliphatic carbocycles. The largest absolute Gasteiger partial charge is 0.344 e. The summed E-state index contributed by atoms with van der Waals surface area (Å²) in [5, 5.41) is 21.0. The van der Waals surface area contributed by atoms with Gasteiger partial charge < -0.3 is 10.2 Å². The molecule has 0 fully saturated rings. The molecule has 10 heteroatoms. The van der Waals surface area contributed by atoms with Crippen molar-refractivity contribution in [2.45, 2.75) is 32.7 Å². The van der Waals surface area contributed by atoms with Crippen molar-refractivity contribution in [1.82, 2.24) is 20.4 Å². The first-order valence-corrected chi connectivity index (χ1v) is 11.6. The molecule has 0 spiro atoms. The molecule has 3 aromatic rings. The molecule has 0 bridgehead atoms. The highest BCUT2D eigenvalue weighted by molar-refractivity contribution is 6.34. The van der Waals surface area contributed by atoms with Gasteiger partial charge in [-0.3, -0.25) is 24.8 Å². The molecular weight excluding hydrogens is 470 g/mol. The summed E-state index contributed by atoms with van der Waals surface area (Å²) in [5.41, 5.74) is 2.75. The number of rotatable bonds is 10. The third-order valence-corrected chi connectivity index (χ3v) is 5.96. The van der Waals surface area contributed by atoms with Gasteiger partial charge in [-0.15, -0.1) is 0 Å². The van der Waals surface area contributed by atoms with Gasteiger partial charge in [-0.25, -0.2) is 0 Å². The highest BCUT2D eigenvalue weighted by Gasteiger charge is 2.28. The fourth-order valence-electron chi connectivity index (χ4n) is 3.64. The number of amides is 2. The lowest BCUT2D eigenvalue weighted by Crippen LogP contribution is -2.50. The van der Waals surface area contributed by atoms with Gasteiger partial charge in [-0.2, -0.15) is 5.10 Å². The molecule has 184 valence electrons.